The number of rotatable bonds is 6. The summed E-state index contributed by atoms with van der Waals surface area (Å²) in [5.41, 5.74) is 2.40. The molecule has 0 bridgehead atoms. The van der Waals surface area contributed by atoms with Gasteiger partial charge in [-0.1, -0.05) is 11.8 Å². The number of Topliss-reactive ketones (excluding diaryl/α,β-unsaturated/α-hetero) is 1. The number of hydrogen-bond donors (Lipinski definition) is 1. The van der Waals surface area contributed by atoms with E-state index < -0.39 is 11.2 Å². The number of aryl methyl sites for hydroxylation is 1. The molecule has 2 aromatic heterocycles. The summed E-state index contributed by atoms with van der Waals surface area (Å²) in [5, 5.41) is 7.54. The van der Waals surface area contributed by atoms with Crippen molar-refractivity contribution in [1.29, 1.82) is 0 Å². The Balaban J connectivity index is 1.77. The van der Waals surface area contributed by atoms with Crippen molar-refractivity contribution in [2.45, 2.75) is 31.2 Å². The number of methoxy groups -OCH3 is 1. The second-order valence-corrected chi connectivity index (χ2v) is 7.41. The minimum Gasteiger partial charge on any atom is -0.465 e. The molecular weight excluding hydrogens is 385 g/mol. The van der Waals surface area contributed by atoms with Gasteiger partial charge in [-0.25, -0.2) is 9.18 Å². The van der Waals surface area contributed by atoms with E-state index in [0.29, 0.717) is 28.1 Å². The van der Waals surface area contributed by atoms with Gasteiger partial charge >= 0.3 is 5.97 Å². The molecule has 146 valence electrons. The highest BCUT2D eigenvalue weighted by molar-refractivity contribution is 8.00. The Morgan fingerprint density at radius 2 is 1.89 bits per heavy atom. The zero-order valence-corrected chi connectivity index (χ0v) is 16.5. The Morgan fingerprint density at radius 1 is 1.21 bits per heavy atom. The quantitative estimate of drug-likeness (QED) is 0.378. The van der Waals surface area contributed by atoms with E-state index in [2.05, 4.69) is 15.2 Å². The van der Waals surface area contributed by atoms with Gasteiger partial charge in [0.05, 0.1) is 23.6 Å². The summed E-state index contributed by atoms with van der Waals surface area (Å²) in [6.45, 7) is 5.11. The van der Waals surface area contributed by atoms with Crippen LogP contribution in [0.15, 0.2) is 33.9 Å². The standard InChI is InChI=1S/C19H18FN3O4S/c1-9-14(18(25)26-4)10(2)21-15(9)16(24)11(3)28-19-23-22-17(27-19)12-5-7-13(20)8-6-12/h5-8,11,21H,1-4H3/t11-/m0/s1. The molecule has 0 aliphatic rings. The molecule has 0 aliphatic carbocycles. The van der Waals surface area contributed by atoms with Crippen molar-refractivity contribution in [3.8, 4) is 11.5 Å². The van der Waals surface area contributed by atoms with E-state index in [1.807, 2.05) is 0 Å². The summed E-state index contributed by atoms with van der Waals surface area (Å²) in [6, 6.07) is 5.66. The third-order valence-electron chi connectivity index (χ3n) is 4.22. The molecule has 0 fully saturated rings. The van der Waals surface area contributed by atoms with E-state index in [9.17, 15) is 14.0 Å². The second-order valence-electron chi connectivity index (χ2n) is 6.12. The van der Waals surface area contributed by atoms with Crippen LogP contribution < -0.4 is 0 Å². The minimum atomic E-state index is -0.538. The van der Waals surface area contributed by atoms with Gasteiger partial charge in [-0.05, 0) is 50.6 Å². The van der Waals surface area contributed by atoms with Crippen LogP contribution in [-0.4, -0.2) is 39.3 Å². The van der Waals surface area contributed by atoms with Crippen LogP contribution in [0.4, 0.5) is 4.39 Å². The highest BCUT2D eigenvalue weighted by Gasteiger charge is 2.27. The van der Waals surface area contributed by atoms with Crippen molar-refractivity contribution >= 4 is 23.5 Å². The smallest absolute Gasteiger partial charge is 0.339 e. The molecule has 1 atom stereocenters. The fourth-order valence-corrected chi connectivity index (χ4v) is 3.52. The van der Waals surface area contributed by atoms with Crippen molar-refractivity contribution in [1.82, 2.24) is 15.2 Å². The summed E-state index contributed by atoms with van der Waals surface area (Å²) in [5.74, 6) is -0.823. The lowest BCUT2D eigenvalue weighted by molar-refractivity contribution is 0.0599. The molecule has 0 radical (unpaired) electrons. The number of benzene rings is 1. The van der Waals surface area contributed by atoms with Crippen molar-refractivity contribution in [2.75, 3.05) is 7.11 Å². The predicted octanol–water partition coefficient (Wildman–Crippen LogP) is 3.97. The maximum Gasteiger partial charge on any atom is 0.339 e. The van der Waals surface area contributed by atoms with Crippen LogP contribution in [0.5, 0.6) is 0 Å². The molecule has 7 nitrogen and oxygen atoms in total. The van der Waals surface area contributed by atoms with E-state index in [1.165, 1.54) is 31.4 Å². The number of nitrogens with zero attached hydrogens (tertiary/aromatic N) is 2. The highest BCUT2D eigenvalue weighted by atomic mass is 32.2. The lowest BCUT2D eigenvalue weighted by Crippen LogP contribution is -2.15. The molecule has 1 N–H and O–H groups in total. The summed E-state index contributed by atoms with van der Waals surface area (Å²) < 4.78 is 23.4. The number of nitrogens with one attached hydrogen (secondary N) is 1. The van der Waals surface area contributed by atoms with Crippen LogP contribution in [0.25, 0.3) is 11.5 Å². The van der Waals surface area contributed by atoms with Crippen LogP contribution in [0.1, 0.15) is 39.0 Å². The fourth-order valence-electron chi connectivity index (χ4n) is 2.78. The van der Waals surface area contributed by atoms with Crippen LogP contribution in [0.3, 0.4) is 0 Å². The van der Waals surface area contributed by atoms with E-state index in [1.54, 1.807) is 20.8 Å². The highest BCUT2D eigenvalue weighted by Crippen LogP contribution is 2.29. The number of carbonyl (C=O) groups is 2. The number of thioether (sulfide) groups is 1. The first kappa shape index (κ1) is 19.8. The average molecular weight is 403 g/mol. The third kappa shape index (κ3) is 3.84. The monoisotopic (exact) mass is 403 g/mol. The molecule has 28 heavy (non-hydrogen) atoms. The van der Waals surface area contributed by atoms with Crippen molar-refractivity contribution in [2.24, 2.45) is 0 Å². The molecule has 0 saturated carbocycles. The van der Waals surface area contributed by atoms with Gasteiger partial charge in [-0.3, -0.25) is 4.79 Å². The molecule has 9 heteroatoms. The van der Waals surface area contributed by atoms with Gasteiger partial charge in [0, 0.05) is 11.3 Å². The topological polar surface area (TPSA) is 98.1 Å². The molecule has 1 aromatic carbocycles. The first-order valence-electron chi connectivity index (χ1n) is 8.39. The summed E-state index contributed by atoms with van der Waals surface area (Å²) >= 11 is 1.10. The zero-order chi connectivity index (χ0) is 20.4. The molecule has 0 unspecified atom stereocenters. The molecule has 0 aliphatic heterocycles. The Hall–Kier alpha value is -2.94. The minimum absolute atomic E-state index is 0.206. The van der Waals surface area contributed by atoms with Crippen LogP contribution >= 0.6 is 11.8 Å². The van der Waals surface area contributed by atoms with Crippen LogP contribution in [0, 0.1) is 19.7 Å². The van der Waals surface area contributed by atoms with Gasteiger partial charge < -0.3 is 14.1 Å². The van der Waals surface area contributed by atoms with Gasteiger partial charge in [0.1, 0.15) is 5.82 Å². The van der Waals surface area contributed by atoms with Crippen LogP contribution in [0.2, 0.25) is 0 Å². The predicted molar refractivity (Wildman–Crippen MR) is 101 cm³/mol. The van der Waals surface area contributed by atoms with Crippen molar-refractivity contribution < 1.29 is 23.1 Å². The molecule has 0 saturated heterocycles. The second kappa shape index (κ2) is 7.97. The number of carbonyl (C=O) groups excluding carboxylic acids is 2. The molecule has 0 spiro atoms. The summed E-state index contributed by atoms with van der Waals surface area (Å²) in [6.07, 6.45) is 0. The zero-order valence-electron chi connectivity index (χ0n) is 15.7. The number of aromatic amines is 1. The molecule has 3 rings (SSSR count). The maximum absolute atomic E-state index is 13.0. The van der Waals surface area contributed by atoms with Gasteiger partial charge in [0.25, 0.3) is 5.22 Å². The lowest BCUT2D eigenvalue weighted by atomic mass is 10.1. The molecular formula is C19H18FN3O4S. The first-order chi connectivity index (χ1) is 13.3. The molecule has 3 aromatic rings. The van der Waals surface area contributed by atoms with E-state index >= 15 is 0 Å². The number of esters is 1. The molecule has 2 heterocycles. The van der Waals surface area contributed by atoms with E-state index in [0.717, 1.165) is 11.8 Å². The van der Waals surface area contributed by atoms with E-state index in [4.69, 9.17) is 9.15 Å². The fraction of sp³-hybridized carbons (Fsp3) is 0.263. The number of ketones is 1. The Kier molecular flexibility index (Phi) is 5.64. The van der Waals surface area contributed by atoms with Crippen LogP contribution in [-0.2, 0) is 4.74 Å². The van der Waals surface area contributed by atoms with Crippen molar-refractivity contribution in [3.05, 3.63) is 52.6 Å². The largest absolute Gasteiger partial charge is 0.465 e. The third-order valence-corrected chi connectivity index (χ3v) is 5.15. The summed E-state index contributed by atoms with van der Waals surface area (Å²) in [4.78, 5) is 27.7. The number of aromatic nitrogens is 3. The van der Waals surface area contributed by atoms with E-state index in [-0.39, 0.29) is 22.7 Å². The Morgan fingerprint density at radius 3 is 2.54 bits per heavy atom. The van der Waals surface area contributed by atoms with Crippen molar-refractivity contribution in [3.63, 3.8) is 0 Å². The van der Waals surface area contributed by atoms with Gasteiger partial charge in [-0.2, -0.15) is 0 Å². The summed E-state index contributed by atoms with van der Waals surface area (Å²) in [7, 11) is 1.29. The van der Waals surface area contributed by atoms with Gasteiger partial charge in [0.2, 0.25) is 5.89 Å². The number of ether oxygens (including phenoxy) is 1. The molecule has 0 amide bonds. The number of halogens is 1. The Bertz CT molecular complexity index is 1030. The lowest BCUT2D eigenvalue weighted by Gasteiger charge is -2.07. The van der Waals surface area contributed by atoms with Gasteiger partial charge in [-0.15, -0.1) is 10.2 Å². The number of H-pyrrole nitrogens is 1. The maximum atomic E-state index is 13.0. The normalized spacial score (nSPS) is 12.0. The average Bonchev–Trinajstić information content (AvgIpc) is 3.25. The SMILES string of the molecule is COC(=O)c1c(C)[nH]c(C(=O)[C@H](C)Sc2nnc(-c3ccc(F)cc3)o2)c1C. The number of hydrogen-bond acceptors (Lipinski definition) is 7. The Labute approximate surface area is 164 Å². The first-order valence-corrected chi connectivity index (χ1v) is 9.27. The van der Waals surface area contributed by atoms with Gasteiger partial charge in [0.15, 0.2) is 5.78 Å².